The predicted molar refractivity (Wildman–Crippen MR) is 197 cm³/mol. The molecule has 0 aliphatic carbocycles. The lowest BCUT2D eigenvalue weighted by atomic mass is 10.2. The van der Waals surface area contributed by atoms with E-state index in [4.69, 9.17) is 33.2 Å². The summed E-state index contributed by atoms with van der Waals surface area (Å²) in [7, 11) is 0. The molecule has 0 amide bonds. The van der Waals surface area contributed by atoms with Gasteiger partial charge in [-0.3, -0.25) is 0 Å². The maximum Gasteiger partial charge on any atom is 0.343 e. The monoisotopic (exact) mass is 750 g/mol. The van der Waals surface area contributed by atoms with Gasteiger partial charge in [-0.05, 0) is 123 Å². The van der Waals surface area contributed by atoms with Crippen LogP contribution in [0.25, 0.3) is 0 Å². The molecule has 0 saturated heterocycles. The third kappa shape index (κ3) is 13.8. The molecule has 0 aliphatic rings. The first-order valence-electron chi connectivity index (χ1n) is 17.1. The Bertz CT molecular complexity index is 1950. The van der Waals surface area contributed by atoms with Gasteiger partial charge in [-0.1, -0.05) is 13.2 Å². The van der Waals surface area contributed by atoms with Gasteiger partial charge in [0, 0.05) is 12.2 Å². The van der Waals surface area contributed by atoms with Gasteiger partial charge in [0.15, 0.2) is 0 Å². The van der Waals surface area contributed by atoms with E-state index in [0.29, 0.717) is 43.6 Å². The second kappa shape index (κ2) is 21.5. The summed E-state index contributed by atoms with van der Waals surface area (Å²) in [4.78, 5) is 72.3. The average molecular weight is 751 g/mol. The van der Waals surface area contributed by atoms with Crippen LogP contribution < -0.4 is 18.9 Å². The Balaban J connectivity index is 1.17. The largest absolute Gasteiger partial charge is 0.494 e. The van der Waals surface area contributed by atoms with E-state index in [1.165, 1.54) is 72.8 Å². The molecule has 0 radical (unpaired) electrons. The molecule has 4 aromatic carbocycles. The summed E-state index contributed by atoms with van der Waals surface area (Å²) >= 11 is 0. The van der Waals surface area contributed by atoms with Crippen LogP contribution in [0.4, 0.5) is 0 Å². The number of rotatable bonds is 20. The molecule has 0 N–H and O–H groups in total. The van der Waals surface area contributed by atoms with Gasteiger partial charge < -0.3 is 33.2 Å². The maximum absolute atomic E-state index is 12.7. The Labute approximate surface area is 317 Å². The number of carbonyl (C=O) groups is 6. The average Bonchev–Trinajstić information content (AvgIpc) is 3.21. The summed E-state index contributed by atoms with van der Waals surface area (Å²) in [5, 5.41) is 0. The van der Waals surface area contributed by atoms with Crippen LogP contribution in [0.5, 0.6) is 23.0 Å². The number of carbonyl (C=O) groups excluding carboxylic acids is 6. The van der Waals surface area contributed by atoms with Crippen LogP contribution in [-0.4, -0.2) is 62.2 Å². The number of esters is 6. The van der Waals surface area contributed by atoms with E-state index in [1.54, 1.807) is 24.3 Å². The van der Waals surface area contributed by atoms with Gasteiger partial charge in [0.05, 0.1) is 48.7 Å². The molecule has 0 bridgehead atoms. The van der Waals surface area contributed by atoms with E-state index in [9.17, 15) is 28.8 Å². The fourth-order valence-corrected chi connectivity index (χ4v) is 4.47. The molecule has 0 saturated carbocycles. The zero-order chi connectivity index (χ0) is 39.4. The highest BCUT2D eigenvalue weighted by Gasteiger charge is 2.15. The van der Waals surface area contributed by atoms with Gasteiger partial charge in [-0.15, -0.1) is 0 Å². The lowest BCUT2D eigenvalue weighted by molar-refractivity contribution is -0.138. The first-order chi connectivity index (χ1) is 26.6. The Morgan fingerprint density at radius 3 is 1.02 bits per heavy atom. The third-order valence-electron chi connectivity index (χ3n) is 7.39. The summed E-state index contributed by atoms with van der Waals surface area (Å²) in [5.74, 6) is -2.30. The van der Waals surface area contributed by atoms with Crippen molar-refractivity contribution in [3.8, 4) is 23.0 Å². The number of hydrogen-bond acceptors (Lipinski definition) is 13. The molecule has 0 spiro atoms. The van der Waals surface area contributed by atoms with Crippen molar-refractivity contribution in [3.63, 3.8) is 0 Å². The minimum Gasteiger partial charge on any atom is -0.494 e. The number of hydrogen-bond donors (Lipinski definition) is 0. The lowest BCUT2D eigenvalue weighted by Gasteiger charge is -2.09. The van der Waals surface area contributed by atoms with Crippen LogP contribution in [0, 0.1) is 0 Å². The van der Waals surface area contributed by atoms with Gasteiger partial charge in [-0.25, -0.2) is 28.8 Å². The summed E-state index contributed by atoms with van der Waals surface area (Å²) < 4.78 is 36.8. The van der Waals surface area contributed by atoms with Gasteiger partial charge >= 0.3 is 35.8 Å². The van der Waals surface area contributed by atoms with Gasteiger partial charge in [0.1, 0.15) is 23.0 Å². The van der Waals surface area contributed by atoms with Crippen LogP contribution >= 0.6 is 0 Å². The molecule has 0 aliphatic heterocycles. The van der Waals surface area contributed by atoms with Crippen LogP contribution in [-0.2, 0) is 23.8 Å². The first-order valence-corrected chi connectivity index (χ1v) is 17.1. The maximum atomic E-state index is 12.7. The van der Waals surface area contributed by atoms with Crippen molar-refractivity contribution in [1.82, 2.24) is 0 Å². The molecule has 4 aromatic rings. The quantitative estimate of drug-likeness (QED) is 0.0301. The minimum atomic E-state index is -0.672. The number of ether oxygens (including phenoxy) is 7. The van der Waals surface area contributed by atoms with Gasteiger partial charge in [-0.2, -0.15) is 0 Å². The van der Waals surface area contributed by atoms with Gasteiger partial charge in [0.2, 0.25) is 0 Å². The first kappa shape index (κ1) is 40.7. The highest BCUT2D eigenvalue weighted by atomic mass is 16.6. The third-order valence-corrected chi connectivity index (χ3v) is 7.39. The van der Waals surface area contributed by atoms with Crippen LogP contribution in [0.3, 0.4) is 0 Å². The molecular formula is C42H38O13. The van der Waals surface area contributed by atoms with Crippen LogP contribution in [0.15, 0.2) is 122 Å². The fraction of sp³-hybridized carbons (Fsp3) is 0.190. The Morgan fingerprint density at radius 2 is 0.673 bits per heavy atom. The second-order valence-corrected chi connectivity index (χ2v) is 11.4. The Morgan fingerprint density at radius 1 is 0.382 bits per heavy atom. The summed E-state index contributed by atoms with van der Waals surface area (Å²) in [6.07, 6.45) is 4.53. The molecule has 284 valence electrons. The fourth-order valence-electron chi connectivity index (χ4n) is 4.47. The van der Waals surface area contributed by atoms with E-state index in [2.05, 4.69) is 13.2 Å². The predicted octanol–water partition coefficient (Wildman–Crippen LogP) is 6.90. The summed E-state index contributed by atoms with van der Waals surface area (Å²) in [6, 6.07) is 23.8. The highest BCUT2D eigenvalue weighted by Crippen LogP contribution is 2.21. The summed E-state index contributed by atoms with van der Waals surface area (Å²) in [5.41, 5.74) is 0.952. The molecular weight excluding hydrogens is 712 g/mol. The van der Waals surface area contributed by atoms with Crippen molar-refractivity contribution < 1.29 is 61.9 Å². The van der Waals surface area contributed by atoms with Crippen molar-refractivity contribution >= 4 is 35.8 Å². The minimum absolute atomic E-state index is 0.146. The van der Waals surface area contributed by atoms with E-state index >= 15 is 0 Å². The summed E-state index contributed by atoms with van der Waals surface area (Å²) in [6.45, 7) is 7.68. The Hall–Kier alpha value is -7.02. The van der Waals surface area contributed by atoms with E-state index in [0.717, 1.165) is 12.2 Å². The molecule has 4 rings (SSSR count). The van der Waals surface area contributed by atoms with Crippen molar-refractivity contribution in [1.29, 1.82) is 0 Å². The second-order valence-electron chi connectivity index (χ2n) is 11.4. The topological polar surface area (TPSA) is 167 Å². The zero-order valence-corrected chi connectivity index (χ0v) is 29.8. The van der Waals surface area contributed by atoms with E-state index in [-0.39, 0.29) is 53.8 Å². The number of benzene rings is 4. The lowest BCUT2D eigenvalue weighted by Crippen LogP contribution is -2.11. The normalized spacial score (nSPS) is 10.3. The smallest absolute Gasteiger partial charge is 0.343 e. The van der Waals surface area contributed by atoms with E-state index in [1.807, 2.05) is 0 Å². The standard InChI is InChI=1S/C42H38O13/c1-3-37(43)50-26-6-5-25-49-33-17-9-30(10-18-33)40(46)54-35-21-13-32(14-22-35)42(48)55-36-23-15-31(16-24-36)41(47)53-34-19-11-29(12-20-34)39(45)52-28-8-7-27-51-38(44)4-2/h3-4,9-24H,1-2,5-8,25-28H2. The van der Waals surface area contributed by atoms with Crippen molar-refractivity contribution in [2.45, 2.75) is 25.7 Å². The molecule has 0 heterocycles. The zero-order valence-electron chi connectivity index (χ0n) is 29.8. The van der Waals surface area contributed by atoms with E-state index < -0.39 is 35.8 Å². The van der Waals surface area contributed by atoms with Crippen LogP contribution in [0.2, 0.25) is 0 Å². The molecule has 0 unspecified atom stereocenters. The molecule has 13 nitrogen and oxygen atoms in total. The van der Waals surface area contributed by atoms with Gasteiger partial charge in [0.25, 0.3) is 0 Å². The molecule has 55 heavy (non-hydrogen) atoms. The molecule has 0 atom stereocenters. The Kier molecular flexibility index (Phi) is 15.9. The molecule has 0 fully saturated rings. The number of unbranched alkanes of at least 4 members (excludes halogenated alkanes) is 2. The van der Waals surface area contributed by atoms with Crippen molar-refractivity contribution in [3.05, 3.63) is 145 Å². The van der Waals surface area contributed by atoms with Crippen molar-refractivity contribution in [2.24, 2.45) is 0 Å². The van der Waals surface area contributed by atoms with Crippen molar-refractivity contribution in [2.75, 3.05) is 26.4 Å². The molecule has 0 aromatic heterocycles. The highest BCUT2D eigenvalue weighted by molar-refractivity contribution is 5.94. The molecule has 13 heteroatoms. The van der Waals surface area contributed by atoms with Crippen LogP contribution in [0.1, 0.15) is 67.1 Å². The SMILES string of the molecule is C=CC(=O)OCCCCOC(=O)c1ccc(OC(=O)c2ccc(OC(=O)c3ccc(OC(=O)c4ccc(OCCCCOC(=O)C=C)cc4)cc3)cc2)cc1.